The second-order valence-corrected chi connectivity index (χ2v) is 7.29. The predicted molar refractivity (Wildman–Crippen MR) is 99.0 cm³/mol. The van der Waals surface area contributed by atoms with Crippen molar-refractivity contribution >= 4 is 18.1 Å². The zero-order valence-electron chi connectivity index (χ0n) is 16.2. The van der Waals surface area contributed by atoms with Gasteiger partial charge in [0.15, 0.2) is 0 Å². The van der Waals surface area contributed by atoms with Crippen molar-refractivity contribution in [2.75, 3.05) is 26.7 Å². The first kappa shape index (κ1) is 20.5. The Morgan fingerprint density at radius 3 is 2.37 bits per heavy atom. The smallest absolute Gasteiger partial charge is 0.411 e. The molecule has 0 radical (unpaired) electrons. The number of carbonyl (C=O) groups excluding carboxylic acids is 3. The first-order valence-corrected chi connectivity index (χ1v) is 8.88. The number of ether oxygens (including phenoxy) is 2. The van der Waals surface area contributed by atoms with Crippen LogP contribution in [0.15, 0.2) is 30.3 Å². The van der Waals surface area contributed by atoms with E-state index in [1.807, 2.05) is 30.3 Å². The van der Waals surface area contributed by atoms with E-state index in [-0.39, 0.29) is 32.1 Å². The van der Waals surface area contributed by atoms with Crippen LogP contribution in [-0.4, -0.2) is 66.2 Å². The van der Waals surface area contributed by atoms with E-state index in [0.717, 1.165) is 5.56 Å². The Labute approximate surface area is 159 Å². The predicted octanol–water partition coefficient (Wildman–Crippen LogP) is 1.99. The molecule has 2 rings (SSSR count). The van der Waals surface area contributed by atoms with Crippen LogP contribution >= 0.6 is 0 Å². The summed E-state index contributed by atoms with van der Waals surface area (Å²) in [6.07, 6.45) is -1.09. The summed E-state index contributed by atoms with van der Waals surface area (Å²) >= 11 is 0. The van der Waals surface area contributed by atoms with E-state index >= 15 is 0 Å². The van der Waals surface area contributed by atoms with Crippen LogP contribution in [0.5, 0.6) is 0 Å². The number of likely N-dealkylation sites (N-methyl/N-ethyl adjacent to an activating group) is 1. The third kappa shape index (κ3) is 5.87. The SMILES string of the molecule is CNC(=O)C1CN(C(=O)OCc2ccccc2)CCN1C(=O)OC(C)(C)C. The summed E-state index contributed by atoms with van der Waals surface area (Å²) in [5.74, 6) is -0.360. The van der Waals surface area contributed by atoms with Crippen LogP contribution in [0.1, 0.15) is 26.3 Å². The molecule has 1 fully saturated rings. The number of hydrogen-bond acceptors (Lipinski definition) is 5. The first-order valence-electron chi connectivity index (χ1n) is 8.88. The number of nitrogens with zero attached hydrogens (tertiary/aromatic N) is 2. The molecule has 1 atom stereocenters. The Kier molecular flexibility index (Phi) is 6.65. The molecule has 0 aromatic heterocycles. The van der Waals surface area contributed by atoms with Crippen LogP contribution in [0.2, 0.25) is 0 Å². The van der Waals surface area contributed by atoms with Crippen molar-refractivity contribution in [1.29, 1.82) is 0 Å². The van der Waals surface area contributed by atoms with Crippen molar-refractivity contribution in [3.05, 3.63) is 35.9 Å². The number of piperazine rings is 1. The third-order valence-corrected chi connectivity index (χ3v) is 4.02. The Morgan fingerprint density at radius 2 is 1.78 bits per heavy atom. The standard InChI is InChI=1S/C19H27N3O5/c1-19(2,3)27-18(25)22-11-10-21(12-15(22)16(23)20-4)17(24)26-13-14-8-6-5-7-9-14/h5-9,15H,10-13H2,1-4H3,(H,20,23). The van der Waals surface area contributed by atoms with Gasteiger partial charge in [0.1, 0.15) is 18.2 Å². The highest BCUT2D eigenvalue weighted by atomic mass is 16.6. The van der Waals surface area contributed by atoms with Gasteiger partial charge in [-0.05, 0) is 26.3 Å². The molecule has 148 valence electrons. The lowest BCUT2D eigenvalue weighted by atomic mass is 10.1. The van der Waals surface area contributed by atoms with E-state index in [9.17, 15) is 14.4 Å². The molecule has 0 saturated carbocycles. The largest absolute Gasteiger partial charge is 0.445 e. The maximum absolute atomic E-state index is 12.4. The molecule has 3 amide bonds. The molecule has 8 heteroatoms. The molecule has 1 aliphatic heterocycles. The molecule has 0 spiro atoms. The van der Waals surface area contributed by atoms with E-state index in [0.29, 0.717) is 0 Å². The Hall–Kier alpha value is -2.77. The normalized spacial score (nSPS) is 17.3. The summed E-state index contributed by atoms with van der Waals surface area (Å²) in [4.78, 5) is 39.8. The van der Waals surface area contributed by atoms with Crippen molar-refractivity contribution in [3.8, 4) is 0 Å². The minimum Gasteiger partial charge on any atom is -0.445 e. The van der Waals surface area contributed by atoms with Crippen LogP contribution in [0, 0.1) is 0 Å². The average molecular weight is 377 g/mol. The van der Waals surface area contributed by atoms with Gasteiger partial charge in [0, 0.05) is 20.1 Å². The zero-order valence-corrected chi connectivity index (χ0v) is 16.2. The van der Waals surface area contributed by atoms with Crippen molar-refractivity contribution < 1.29 is 23.9 Å². The van der Waals surface area contributed by atoms with Crippen molar-refractivity contribution in [2.45, 2.75) is 39.0 Å². The van der Waals surface area contributed by atoms with Gasteiger partial charge >= 0.3 is 12.2 Å². The van der Waals surface area contributed by atoms with Crippen LogP contribution in [-0.2, 0) is 20.9 Å². The molecule has 1 saturated heterocycles. The quantitative estimate of drug-likeness (QED) is 0.870. The number of rotatable bonds is 3. The van der Waals surface area contributed by atoms with Crippen LogP contribution in [0.4, 0.5) is 9.59 Å². The molecule has 1 unspecified atom stereocenters. The molecule has 0 bridgehead atoms. The molecule has 1 aromatic rings. The number of hydrogen-bond donors (Lipinski definition) is 1. The van der Waals surface area contributed by atoms with Gasteiger partial charge in [0.05, 0.1) is 6.54 Å². The summed E-state index contributed by atoms with van der Waals surface area (Å²) in [5, 5.41) is 2.53. The molecule has 1 aliphatic rings. The summed E-state index contributed by atoms with van der Waals surface area (Å²) in [6.45, 7) is 5.93. The lowest BCUT2D eigenvalue weighted by molar-refractivity contribution is -0.127. The van der Waals surface area contributed by atoms with Crippen molar-refractivity contribution in [1.82, 2.24) is 15.1 Å². The lowest BCUT2D eigenvalue weighted by Crippen LogP contribution is -2.61. The summed E-state index contributed by atoms with van der Waals surface area (Å²) in [5.41, 5.74) is 0.205. The molecule has 27 heavy (non-hydrogen) atoms. The maximum Gasteiger partial charge on any atom is 0.411 e. The lowest BCUT2D eigenvalue weighted by Gasteiger charge is -2.40. The number of carbonyl (C=O) groups is 3. The fourth-order valence-electron chi connectivity index (χ4n) is 2.69. The van der Waals surface area contributed by atoms with Gasteiger partial charge in [-0.1, -0.05) is 30.3 Å². The second-order valence-electron chi connectivity index (χ2n) is 7.29. The van der Waals surface area contributed by atoms with Gasteiger partial charge in [-0.25, -0.2) is 9.59 Å². The molecule has 8 nitrogen and oxygen atoms in total. The topological polar surface area (TPSA) is 88.2 Å². The summed E-state index contributed by atoms with van der Waals surface area (Å²) in [6, 6.07) is 8.51. The Bertz CT molecular complexity index is 672. The highest BCUT2D eigenvalue weighted by Crippen LogP contribution is 2.17. The van der Waals surface area contributed by atoms with Crippen LogP contribution in [0.3, 0.4) is 0 Å². The van der Waals surface area contributed by atoms with Gasteiger partial charge in [0.25, 0.3) is 0 Å². The fourth-order valence-corrected chi connectivity index (χ4v) is 2.69. The highest BCUT2D eigenvalue weighted by Gasteiger charge is 2.39. The molecule has 1 N–H and O–H groups in total. The zero-order chi connectivity index (χ0) is 20.0. The highest BCUT2D eigenvalue weighted by molar-refractivity contribution is 5.86. The third-order valence-electron chi connectivity index (χ3n) is 4.02. The summed E-state index contributed by atoms with van der Waals surface area (Å²) < 4.78 is 10.7. The first-order chi connectivity index (χ1) is 12.7. The van der Waals surface area contributed by atoms with E-state index in [2.05, 4.69) is 5.32 Å². The molecule has 1 aromatic carbocycles. The van der Waals surface area contributed by atoms with Gasteiger partial charge in [-0.15, -0.1) is 0 Å². The number of benzene rings is 1. The molecular weight excluding hydrogens is 350 g/mol. The van der Waals surface area contributed by atoms with E-state index in [1.165, 1.54) is 16.8 Å². The fraction of sp³-hybridized carbons (Fsp3) is 0.526. The van der Waals surface area contributed by atoms with Gasteiger partial charge in [-0.3, -0.25) is 9.69 Å². The van der Waals surface area contributed by atoms with E-state index in [1.54, 1.807) is 20.8 Å². The minimum atomic E-state index is -0.831. The van der Waals surface area contributed by atoms with E-state index < -0.39 is 23.8 Å². The van der Waals surface area contributed by atoms with Crippen molar-refractivity contribution in [2.24, 2.45) is 0 Å². The van der Waals surface area contributed by atoms with E-state index in [4.69, 9.17) is 9.47 Å². The second kappa shape index (κ2) is 8.75. The molecule has 0 aliphatic carbocycles. The average Bonchev–Trinajstić information content (AvgIpc) is 2.64. The van der Waals surface area contributed by atoms with Crippen LogP contribution < -0.4 is 5.32 Å². The monoisotopic (exact) mass is 377 g/mol. The maximum atomic E-state index is 12.4. The van der Waals surface area contributed by atoms with Gasteiger partial charge in [0.2, 0.25) is 5.91 Å². The summed E-state index contributed by atoms with van der Waals surface area (Å²) in [7, 11) is 1.49. The van der Waals surface area contributed by atoms with Crippen LogP contribution in [0.25, 0.3) is 0 Å². The number of nitrogens with one attached hydrogen (secondary N) is 1. The van der Waals surface area contributed by atoms with Crippen molar-refractivity contribution in [3.63, 3.8) is 0 Å². The van der Waals surface area contributed by atoms with Gasteiger partial charge < -0.3 is 19.7 Å². The number of amides is 3. The Balaban J connectivity index is 2.01. The molecular formula is C19H27N3O5. The van der Waals surface area contributed by atoms with Gasteiger partial charge in [-0.2, -0.15) is 0 Å². The Morgan fingerprint density at radius 1 is 1.11 bits per heavy atom. The minimum absolute atomic E-state index is 0.0482. The molecule has 1 heterocycles.